The third kappa shape index (κ3) is 52.1. The molecule has 0 aliphatic carbocycles. The second kappa shape index (κ2) is 52.2. The topological polar surface area (TPSA) is 78.9 Å². The predicted molar refractivity (Wildman–Crippen MR) is 289 cm³/mol. The average molecular weight is 948 g/mol. The summed E-state index contributed by atoms with van der Waals surface area (Å²) in [5.74, 6) is 1.77. The van der Waals surface area contributed by atoms with E-state index in [1.807, 2.05) is 0 Å². The highest BCUT2D eigenvalue weighted by molar-refractivity contribution is 5.71. The summed E-state index contributed by atoms with van der Waals surface area (Å²) in [6.07, 6.45) is 55.1. The molecule has 0 aromatic rings. The molecule has 0 fully saturated rings. The van der Waals surface area contributed by atoms with Crippen LogP contribution < -0.4 is 0 Å². The lowest BCUT2D eigenvalue weighted by atomic mass is 9.99. The summed E-state index contributed by atoms with van der Waals surface area (Å²) >= 11 is 0. The fourth-order valence-electron chi connectivity index (χ4n) is 9.29. The van der Waals surface area contributed by atoms with Crippen LogP contribution in [-0.2, 0) is 28.6 Å². The van der Waals surface area contributed by atoms with Gasteiger partial charge in [0.15, 0.2) is 6.10 Å². The number of unbranched alkanes of at least 4 members (excludes halogenated alkanes) is 35. The monoisotopic (exact) mass is 947 g/mol. The van der Waals surface area contributed by atoms with E-state index < -0.39 is 6.10 Å². The van der Waals surface area contributed by atoms with Gasteiger partial charge in [-0.2, -0.15) is 0 Å². The van der Waals surface area contributed by atoms with Crippen LogP contribution in [0.25, 0.3) is 0 Å². The highest BCUT2D eigenvalue weighted by atomic mass is 16.6. The molecule has 2 unspecified atom stereocenters. The molecule has 3 atom stereocenters. The second-order valence-electron chi connectivity index (χ2n) is 21.9. The lowest BCUT2D eigenvalue weighted by Crippen LogP contribution is -2.30. The van der Waals surface area contributed by atoms with Crippen molar-refractivity contribution in [3.8, 4) is 0 Å². The minimum Gasteiger partial charge on any atom is -0.462 e. The van der Waals surface area contributed by atoms with Crippen LogP contribution in [0.2, 0.25) is 0 Å². The van der Waals surface area contributed by atoms with Gasteiger partial charge in [-0.1, -0.05) is 298 Å². The first-order valence-corrected chi connectivity index (χ1v) is 30.2. The third-order valence-corrected chi connectivity index (χ3v) is 14.6. The van der Waals surface area contributed by atoms with Crippen LogP contribution in [0.4, 0.5) is 0 Å². The molecule has 0 radical (unpaired) electrons. The van der Waals surface area contributed by atoms with E-state index in [-0.39, 0.29) is 31.1 Å². The Balaban J connectivity index is 4.30. The molecule has 0 amide bonds. The van der Waals surface area contributed by atoms with Gasteiger partial charge in [-0.3, -0.25) is 14.4 Å². The highest BCUT2D eigenvalue weighted by Crippen LogP contribution is 2.19. The van der Waals surface area contributed by atoms with Crippen molar-refractivity contribution >= 4 is 17.9 Å². The molecule has 0 heterocycles. The fraction of sp³-hybridized carbons (Fsp3) is 0.951. The number of carbonyl (C=O) groups excluding carboxylic acids is 3. The SMILES string of the molecule is CCC(C)CCCCCCCCCCCCCCCCC(=O)OC[C@@H](COC(=O)CCCCCCCCCCCCCCCCC(C)C)OC(=O)CCCCCCCCCCCCC(C)CC. The third-order valence-electron chi connectivity index (χ3n) is 14.6. The van der Waals surface area contributed by atoms with Gasteiger partial charge in [0.1, 0.15) is 13.2 Å². The lowest BCUT2D eigenvalue weighted by molar-refractivity contribution is -0.167. The second-order valence-corrected chi connectivity index (χ2v) is 21.9. The van der Waals surface area contributed by atoms with Crippen LogP contribution in [0, 0.1) is 17.8 Å². The van der Waals surface area contributed by atoms with E-state index >= 15 is 0 Å². The van der Waals surface area contributed by atoms with Gasteiger partial charge < -0.3 is 14.2 Å². The summed E-state index contributed by atoms with van der Waals surface area (Å²) in [5.41, 5.74) is 0. The molecule has 0 saturated heterocycles. The minimum absolute atomic E-state index is 0.0633. The maximum atomic E-state index is 12.9. The molecular formula is C61H118O6. The molecule has 398 valence electrons. The van der Waals surface area contributed by atoms with Crippen molar-refractivity contribution in [1.29, 1.82) is 0 Å². The maximum absolute atomic E-state index is 12.9. The van der Waals surface area contributed by atoms with Gasteiger partial charge in [0.05, 0.1) is 0 Å². The maximum Gasteiger partial charge on any atom is 0.306 e. The summed E-state index contributed by atoms with van der Waals surface area (Å²) in [5, 5.41) is 0. The Morgan fingerprint density at radius 1 is 0.299 bits per heavy atom. The molecule has 0 N–H and O–H groups in total. The van der Waals surface area contributed by atoms with Gasteiger partial charge in [0.25, 0.3) is 0 Å². The number of carbonyl (C=O) groups is 3. The Morgan fingerprint density at radius 3 is 0.776 bits per heavy atom. The van der Waals surface area contributed by atoms with E-state index in [9.17, 15) is 14.4 Å². The first kappa shape index (κ1) is 65.4. The highest BCUT2D eigenvalue weighted by Gasteiger charge is 2.19. The van der Waals surface area contributed by atoms with Crippen molar-refractivity contribution in [3.05, 3.63) is 0 Å². The average Bonchev–Trinajstić information content (AvgIpc) is 3.31. The van der Waals surface area contributed by atoms with Gasteiger partial charge in [-0.25, -0.2) is 0 Å². The van der Waals surface area contributed by atoms with Crippen molar-refractivity contribution in [2.75, 3.05) is 13.2 Å². The summed E-state index contributed by atoms with van der Waals surface area (Å²) < 4.78 is 16.9. The molecule has 0 aliphatic heterocycles. The predicted octanol–water partition coefficient (Wildman–Crippen LogP) is 19.9. The number of rotatable bonds is 54. The quantitative estimate of drug-likeness (QED) is 0.0343. The minimum atomic E-state index is -0.764. The normalized spacial score (nSPS) is 12.9. The first-order chi connectivity index (χ1) is 32.7. The molecular weight excluding hydrogens is 829 g/mol. The van der Waals surface area contributed by atoms with Crippen LogP contribution >= 0.6 is 0 Å². The molecule has 67 heavy (non-hydrogen) atoms. The van der Waals surface area contributed by atoms with E-state index in [4.69, 9.17) is 14.2 Å². The Labute approximate surface area is 418 Å². The smallest absolute Gasteiger partial charge is 0.306 e. The van der Waals surface area contributed by atoms with Crippen LogP contribution in [0.3, 0.4) is 0 Å². The van der Waals surface area contributed by atoms with E-state index in [0.29, 0.717) is 19.3 Å². The van der Waals surface area contributed by atoms with Crippen LogP contribution in [0.1, 0.15) is 337 Å². The fourth-order valence-corrected chi connectivity index (χ4v) is 9.29. The van der Waals surface area contributed by atoms with Gasteiger partial charge in [0, 0.05) is 19.3 Å². The molecule has 6 heteroatoms. The Morgan fingerprint density at radius 2 is 0.522 bits per heavy atom. The number of ether oxygens (including phenoxy) is 3. The molecule has 0 aromatic carbocycles. The Bertz CT molecular complexity index is 1040. The summed E-state index contributed by atoms with van der Waals surface area (Å²) in [7, 11) is 0. The molecule has 0 spiro atoms. The number of hydrogen-bond donors (Lipinski definition) is 0. The molecule has 0 aromatic heterocycles. The van der Waals surface area contributed by atoms with Crippen molar-refractivity contribution in [2.24, 2.45) is 17.8 Å². The van der Waals surface area contributed by atoms with E-state index in [1.165, 1.54) is 218 Å². The zero-order valence-corrected chi connectivity index (χ0v) is 46.2. The zero-order valence-electron chi connectivity index (χ0n) is 46.2. The van der Waals surface area contributed by atoms with Crippen molar-refractivity contribution in [1.82, 2.24) is 0 Å². The number of hydrogen-bond acceptors (Lipinski definition) is 6. The van der Waals surface area contributed by atoms with Crippen LogP contribution in [0.15, 0.2) is 0 Å². The molecule has 0 aliphatic rings. The zero-order chi connectivity index (χ0) is 49.1. The number of esters is 3. The van der Waals surface area contributed by atoms with Crippen molar-refractivity contribution < 1.29 is 28.6 Å². The van der Waals surface area contributed by atoms with Crippen LogP contribution in [0.5, 0.6) is 0 Å². The van der Waals surface area contributed by atoms with Crippen molar-refractivity contribution in [2.45, 2.75) is 343 Å². The molecule has 0 saturated carbocycles. The summed E-state index contributed by atoms with van der Waals surface area (Å²) in [6.45, 7) is 13.8. The van der Waals surface area contributed by atoms with Gasteiger partial charge >= 0.3 is 17.9 Å². The standard InChI is InChI=1S/C61H118O6/c1-7-56(5)48-42-36-30-24-18-14-10-12-16-20-27-33-39-45-51-60(63)66-54-58(67-61(64)52-46-40-34-28-22-21-25-31-37-43-49-57(6)8-2)53-65-59(62)50-44-38-32-26-19-15-11-9-13-17-23-29-35-41-47-55(3)4/h55-58H,7-54H2,1-6H3/t56?,57?,58-/m1/s1. The molecule has 0 bridgehead atoms. The first-order valence-electron chi connectivity index (χ1n) is 30.2. The lowest BCUT2D eigenvalue weighted by Gasteiger charge is -2.18. The molecule has 0 rings (SSSR count). The largest absolute Gasteiger partial charge is 0.462 e. The summed E-state index contributed by atoms with van der Waals surface area (Å²) in [4.78, 5) is 38.2. The Hall–Kier alpha value is -1.59. The van der Waals surface area contributed by atoms with E-state index in [0.717, 1.165) is 75.5 Å². The van der Waals surface area contributed by atoms with E-state index in [2.05, 4.69) is 41.5 Å². The van der Waals surface area contributed by atoms with E-state index in [1.54, 1.807) is 0 Å². The van der Waals surface area contributed by atoms with Crippen molar-refractivity contribution in [3.63, 3.8) is 0 Å². The van der Waals surface area contributed by atoms with Gasteiger partial charge in [-0.05, 0) is 37.0 Å². The Kier molecular flexibility index (Phi) is 51.0. The van der Waals surface area contributed by atoms with Gasteiger partial charge in [-0.15, -0.1) is 0 Å². The summed E-state index contributed by atoms with van der Waals surface area (Å²) in [6, 6.07) is 0. The molecule has 6 nitrogen and oxygen atoms in total. The van der Waals surface area contributed by atoms with Gasteiger partial charge in [0.2, 0.25) is 0 Å². The van der Waals surface area contributed by atoms with Crippen LogP contribution in [-0.4, -0.2) is 37.2 Å².